The van der Waals surface area contributed by atoms with Crippen LogP contribution < -0.4 is 5.32 Å². The molecular formula is C18H29Cl2N. The second kappa shape index (κ2) is 8.41. The van der Waals surface area contributed by atoms with Crippen LogP contribution in [0.4, 0.5) is 0 Å². The zero-order valence-electron chi connectivity index (χ0n) is 14.0. The minimum Gasteiger partial charge on any atom is -0.314 e. The lowest BCUT2D eigenvalue weighted by Crippen LogP contribution is -2.36. The maximum absolute atomic E-state index is 6.31. The fourth-order valence-corrected chi connectivity index (χ4v) is 2.72. The molecule has 3 heteroatoms. The lowest BCUT2D eigenvalue weighted by Gasteiger charge is -2.31. The Morgan fingerprint density at radius 3 is 2.43 bits per heavy atom. The topological polar surface area (TPSA) is 12.0 Å². The molecule has 0 aliphatic carbocycles. The van der Waals surface area contributed by atoms with E-state index in [0.29, 0.717) is 17.4 Å². The molecular weight excluding hydrogens is 301 g/mol. The van der Waals surface area contributed by atoms with Crippen molar-refractivity contribution >= 4 is 23.2 Å². The average Bonchev–Trinajstić information content (AvgIpc) is 2.39. The van der Waals surface area contributed by atoms with E-state index in [1.165, 1.54) is 0 Å². The van der Waals surface area contributed by atoms with Gasteiger partial charge in [0.2, 0.25) is 0 Å². The van der Waals surface area contributed by atoms with E-state index in [4.69, 9.17) is 23.2 Å². The maximum Gasteiger partial charge on any atom is 0.0439 e. The molecule has 2 unspecified atom stereocenters. The summed E-state index contributed by atoms with van der Waals surface area (Å²) in [5, 5.41) is 5.23. The third kappa shape index (κ3) is 6.59. The molecule has 1 rings (SSSR count). The van der Waals surface area contributed by atoms with Crippen molar-refractivity contribution in [2.24, 2.45) is 11.3 Å². The van der Waals surface area contributed by atoms with Crippen molar-refractivity contribution in [3.63, 3.8) is 0 Å². The van der Waals surface area contributed by atoms with E-state index in [2.05, 4.69) is 39.9 Å². The number of halogens is 2. The molecule has 0 saturated carbocycles. The second-order valence-electron chi connectivity index (χ2n) is 7.09. The molecule has 120 valence electrons. The summed E-state index contributed by atoms with van der Waals surface area (Å²) in [4.78, 5) is 0. The Balaban J connectivity index is 2.80. The van der Waals surface area contributed by atoms with Gasteiger partial charge >= 0.3 is 0 Å². The largest absolute Gasteiger partial charge is 0.314 e. The smallest absolute Gasteiger partial charge is 0.0439 e. The van der Waals surface area contributed by atoms with Crippen LogP contribution in [0.5, 0.6) is 0 Å². The highest BCUT2D eigenvalue weighted by molar-refractivity contribution is 6.33. The summed E-state index contributed by atoms with van der Waals surface area (Å²) in [5.74, 6) is 0.643. The molecule has 0 spiro atoms. The molecule has 1 aromatic rings. The highest BCUT2D eigenvalue weighted by Gasteiger charge is 2.24. The van der Waals surface area contributed by atoms with Crippen LogP contribution in [0.15, 0.2) is 18.2 Å². The third-order valence-electron chi connectivity index (χ3n) is 4.27. The van der Waals surface area contributed by atoms with Crippen molar-refractivity contribution in [3.8, 4) is 0 Å². The maximum atomic E-state index is 6.31. The van der Waals surface area contributed by atoms with E-state index in [1.54, 1.807) is 0 Å². The van der Waals surface area contributed by atoms with E-state index in [-0.39, 0.29) is 0 Å². The number of hydrogen-bond donors (Lipinski definition) is 1. The minimum atomic E-state index is 0.324. The fourth-order valence-electron chi connectivity index (χ4n) is 2.33. The summed E-state index contributed by atoms with van der Waals surface area (Å²) in [5.41, 5.74) is 1.46. The quantitative estimate of drug-likeness (QED) is 0.649. The summed E-state index contributed by atoms with van der Waals surface area (Å²) in [6.07, 6.45) is 3.22. The van der Waals surface area contributed by atoms with Gasteiger partial charge in [-0.2, -0.15) is 0 Å². The third-order valence-corrected chi connectivity index (χ3v) is 4.88. The normalized spacial score (nSPS) is 15.0. The Morgan fingerprint density at radius 1 is 1.19 bits per heavy atom. The van der Waals surface area contributed by atoms with Crippen molar-refractivity contribution in [2.45, 2.75) is 59.9 Å². The van der Waals surface area contributed by atoms with Gasteiger partial charge in [0.05, 0.1) is 0 Å². The van der Waals surface area contributed by atoms with Gasteiger partial charge in [-0.15, -0.1) is 0 Å². The Bertz CT molecular complexity index is 437. The molecule has 1 aromatic carbocycles. The summed E-state index contributed by atoms with van der Waals surface area (Å²) >= 11 is 12.4. The number of hydrogen-bond acceptors (Lipinski definition) is 1. The molecule has 0 aliphatic heterocycles. The van der Waals surface area contributed by atoms with Gasteiger partial charge in [0.25, 0.3) is 0 Å². The first-order valence-electron chi connectivity index (χ1n) is 7.91. The summed E-state index contributed by atoms with van der Waals surface area (Å²) < 4.78 is 0. The van der Waals surface area contributed by atoms with Gasteiger partial charge in [0, 0.05) is 16.1 Å². The summed E-state index contributed by atoms with van der Waals surface area (Å²) in [6, 6.07) is 6.17. The Kier molecular flexibility index (Phi) is 7.53. The van der Waals surface area contributed by atoms with Crippen molar-refractivity contribution in [1.29, 1.82) is 0 Å². The molecule has 0 radical (unpaired) electrons. The highest BCUT2D eigenvalue weighted by Crippen LogP contribution is 2.30. The predicted octanol–water partition coefficient (Wildman–Crippen LogP) is 5.98. The van der Waals surface area contributed by atoms with Crippen molar-refractivity contribution in [1.82, 2.24) is 5.32 Å². The van der Waals surface area contributed by atoms with E-state index < -0.39 is 0 Å². The van der Waals surface area contributed by atoms with Crippen LogP contribution in [0.25, 0.3) is 0 Å². The molecule has 0 aliphatic rings. The van der Waals surface area contributed by atoms with Crippen LogP contribution in [0.2, 0.25) is 10.0 Å². The molecule has 1 nitrogen and oxygen atoms in total. The molecule has 0 amide bonds. The highest BCUT2D eigenvalue weighted by atomic mass is 35.5. The number of nitrogens with one attached hydrogen (secondary N) is 1. The SMILES string of the molecule is CCCNC(Cc1cc(Cl)ccc1Cl)CC(C)C(C)(C)C. The first-order chi connectivity index (χ1) is 9.74. The van der Waals surface area contributed by atoms with Crippen LogP contribution in [0.3, 0.4) is 0 Å². The second-order valence-corrected chi connectivity index (χ2v) is 7.94. The van der Waals surface area contributed by atoms with Gasteiger partial charge in [-0.25, -0.2) is 0 Å². The van der Waals surface area contributed by atoms with Crippen LogP contribution in [-0.2, 0) is 6.42 Å². The molecule has 0 heterocycles. The zero-order chi connectivity index (χ0) is 16.0. The summed E-state index contributed by atoms with van der Waals surface area (Å²) in [6.45, 7) is 12.5. The van der Waals surface area contributed by atoms with E-state index in [0.717, 1.165) is 41.4 Å². The van der Waals surface area contributed by atoms with Crippen LogP contribution in [0, 0.1) is 11.3 Å². The summed E-state index contributed by atoms with van der Waals surface area (Å²) in [7, 11) is 0. The fraction of sp³-hybridized carbons (Fsp3) is 0.667. The number of rotatable bonds is 7. The molecule has 1 N–H and O–H groups in total. The van der Waals surface area contributed by atoms with Gasteiger partial charge in [-0.1, -0.05) is 57.8 Å². The van der Waals surface area contributed by atoms with Gasteiger partial charge in [0.15, 0.2) is 0 Å². The molecule has 0 saturated heterocycles. The van der Waals surface area contributed by atoms with E-state index in [9.17, 15) is 0 Å². The standard InChI is InChI=1S/C18H29Cl2N/c1-6-9-21-16(10-13(2)18(3,4)5)12-14-11-15(19)7-8-17(14)20/h7-8,11,13,16,21H,6,9-10,12H2,1-5H3. The molecule has 0 bridgehead atoms. The van der Waals surface area contributed by atoms with Gasteiger partial charge in [-0.3, -0.25) is 0 Å². The first-order valence-corrected chi connectivity index (χ1v) is 8.67. The molecule has 0 aromatic heterocycles. The lowest BCUT2D eigenvalue weighted by molar-refractivity contribution is 0.222. The first kappa shape index (κ1) is 18.8. The Morgan fingerprint density at radius 2 is 1.86 bits per heavy atom. The van der Waals surface area contributed by atoms with Crippen LogP contribution >= 0.6 is 23.2 Å². The van der Waals surface area contributed by atoms with Crippen molar-refractivity contribution in [2.75, 3.05) is 6.54 Å². The zero-order valence-corrected chi connectivity index (χ0v) is 15.5. The van der Waals surface area contributed by atoms with Crippen LogP contribution in [0.1, 0.15) is 53.0 Å². The number of benzene rings is 1. The minimum absolute atomic E-state index is 0.324. The van der Waals surface area contributed by atoms with Gasteiger partial charge in [-0.05, 0) is 60.9 Å². The Hall–Kier alpha value is -0.240. The van der Waals surface area contributed by atoms with Crippen molar-refractivity contribution < 1.29 is 0 Å². The molecule has 2 atom stereocenters. The van der Waals surface area contributed by atoms with E-state index >= 15 is 0 Å². The van der Waals surface area contributed by atoms with Crippen molar-refractivity contribution in [3.05, 3.63) is 33.8 Å². The van der Waals surface area contributed by atoms with Crippen LogP contribution in [-0.4, -0.2) is 12.6 Å². The monoisotopic (exact) mass is 329 g/mol. The Labute approximate surface area is 140 Å². The molecule has 0 fully saturated rings. The lowest BCUT2D eigenvalue weighted by atomic mass is 9.78. The van der Waals surface area contributed by atoms with Gasteiger partial charge in [0.1, 0.15) is 0 Å². The predicted molar refractivity (Wildman–Crippen MR) is 95.5 cm³/mol. The average molecular weight is 330 g/mol. The van der Waals surface area contributed by atoms with E-state index in [1.807, 2.05) is 18.2 Å². The molecule has 21 heavy (non-hydrogen) atoms. The van der Waals surface area contributed by atoms with Gasteiger partial charge < -0.3 is 5.32 Å².